The molecule has 8 nitrogen and oxygen atoms in total. The molecule has 0 radical (unpaired) electrons. The molecule has 0 unspecified atom stereocenters. The van der Waals surface area contributed by atoms with Gasteiger partial charge in [-0.1, -0.05) is 25.3 Å². The lowest BCUT2D eigenvalue weighted by molar-refractivity contribution is -0.137. The first-order chi connectivity index (χ1) is 14.0. The Balaban J connectivity index is 0.000000604. The van der Waals surface area contributed by atoms with E-state index in [2.05, 4.69) is 21.2 Å². The Hall–Kier alpha value is -2.29. The highest BCUT2D eigenvalue weighted by Crippen LogP contribution is 2.26. The van der Waals surface area contributed by atoms with Gasteiger partial charge in [-0.05, 0) is 61.7 Å². The molecule has 0 aliphatic carbocycles. The first-order valence-corrected chi connectivity index (χ1v) is 10.5. The van der Waals surface area contributed by atoms with E-state index in [1.54, 1.807) is 18.2 Å². The average Bonchev–Trinajstić information content (AvgIpc) is 2.62. The lowest BCUT2D eigenvalue weighted by atomic mass is 10.1. The molecule has 9 heteroatoms. The number of carbonyl (C=O) groups excluding carboxylic acids is 1. The third kappa shape index (κ3) is 13.8. The van der Waals surface area contributed by atoms with Crippen LogP contribution in [0.2, 0.25) is 0 Å². The molecule has 1 aromatic carbocycles. The summed E-state index contributed by atoms with van der Waals surface area (Å²) in [6.07, 6.45) is 4.42. The van der Waals surface area contributed by atoms with Crippen LogP contribution in [0.5, 0.6) is 5.75 Å². The maximum absolute atomic E-state index is 11.3. The van der Waals surface area contributed by atoms with Gasteiger partial charge in [-0.25, -0.2) is 9.59 Å². The molecule has 0 saturated heterocycles. The van der Waals surface area contributed by atoms with Crippen molar-refractivity contribution in [3.05, 3.63) is 28.2 Å². The van der Waals surface area contributed by atoms with Gasteiger partial charge < -0.3 is 25.0 Å². The molecule has 0 saturated carbocycles. The van der Waals surface area contributed by atoms with E-state index in [-0.39, 0.29) is 18.1 Å². The number of aromatic carboxylic acids is 1. The van der Waals surface area contributed by atoms with Gasteiger partial charge in [0.05, 0.1) is 7.11 Å². The predicted octanol–water partition coefficient (Wildman–Crippen LogP) is 5.09. The Morgan fingerprint density at radius 3 is 2.13 bits per heavy atom. The van der Waals surface area contributed by atoms with Crippen LogP contribution >= 0.6 is 15.9 Å². The van der Waals surface area contributed by atoms with Crippen molar-refractivity contribution in [1.82, 2.24) is 5.32 Å². The van der Waals surface area contributed by atoms with Gasteiger partial charge in [0, 0.05) is 17.4 Å². The maximum Gasteiger partial charge on any atom is 0.407 e. The van der Waals surface area contributed by atoms with Gasteiger partial charge >= 0.3 is 18.0 Å². The highest BCUT2D eigenvalue weighted by Gasteiger charge is 2.15. The summed E-state index contributed by atoms with van der Waals surface area (Å²) in [5.74, 6) is -1.38. The molecule has 1 aromatic rings. The second-order valence-electron chi connectivity index (χ2n) is 7.46. The van der Waals surface area contributed by atoms with Crippen LogP contribution in [0.1, 0.15) is 69.7 Å². The number of carboxylic acids is 2. The highest BCUT2D eigenvalue weighted by atomic mass is 79.9. The molecule has 1 rings (SSSR count). The number of unbranched alkanes of at least 4 members (excludes halogenated alkanes) is 4. The van der Waals surface area contributed by atoms with Crippen molar-refractivity contribution >= 4 is 34.0 Å². The number of carboxylic acid groups (broad SMARTS) is 2. The normalized spacial score (nSPS) is 10.4. The number of aliphatic carboxylic acids is 1. The predicted molar refractivity (Wildman–Crippen MR) is 117 cm³/mol. The Morgan fingerprint density at radius 1 is 1.03 bits per heavy atom. The summed E-state index contributed by atoms with van der Waals surface area (Å²) in [6.45, 7) is 6.09. The molecule has 0 aliphatic heterocycles. The van der Waals surface area contributed by atoms with E-state index in [0.29, 0.717) is 16.8 Å². The van der Waals surface area contributed by atoms with Gasteiger partial charge in [0.25, 0.3) is 0 Å². The summed E-state index contributed by atoms with van der Waals surface area (Å²) in [6, 6.07) is 4.98. The van der Waals surface area contributed by atoms with E-state index >= 15 is 0 Å². The Morgan fingerprint density at radius 2 is 1.63 bits per heavy atom. The van der Waals surface area contributed by atoms with E-state index < -0.39 is 17.5 Å². The minimum atomic E-state index is -1.00. The summed E-state index contributed by atoms with van der Waals surface area (Å²) in [5.41, 5.74) is -0.305. The van der Waals surface area contributed by atoms with E-state index in [1.165, 1.54) is 7.11 Å². The fourth-order valence-electron chi connectivity index (χ4n) is 2.32. The van der Waals surface area contributed by atoms with E-state index in [4.69, 9.17) is 19.7 Å². The maximum atomic E-state index is 11.3. The van der Waals surface area contributed by atoms with Crippen LogP contribution in [0.4, 0.5) is 4.79 Å². The van der Waals surface area contributed by atoms with Gasteiger partial charge in [-0.3, -0.25) is 4.79 Å². The molecule has 0 spiro atoms. The van der Waals surface area contributed by atoms with Crippen LogP contribution in [0.3, 0.4) is 0 Å². The first-order valence-electron chi connectivity index (χ1n) is 9.72. The standard InChI is InChI=1S/C13H25NO4.C8H7BrO3/c1-13(2,3)18-12(17)14-10-8-6-4-5-7-9-11(15)16;1-12-6-4-2-3-5(9)7(6)8(10)11/h4-10H2,1-3H3,(H,14,17)(H,15,16);2-4H,1H3,(H,10,11). The molecule has 0 aromatic heterocycles. The second kappa shape index (κ2) is 14.7. The number of methoxy groups -OCH3 is 1. The van der Waals surface area contributed by atoms with Gasteiger partial charge in [-0.15, -0.1) is 0 Å². The van der Waals surface area contributed by atoms with Gasteiger partial charge in [-0.2, -0.15) is 0 Å². The Labute approximate surface area is 186 Å². The van der Waals surface area contributed by atoms with E-state index in [0.717, 1.165) is 32.1 Å². The average molecular weight is 490 g/mol. The van der Waals surface area contributed by atoms with Crippen molar-refractivity contribution in [3.8, 4) is 5.75 Å². The van der Waals surface area contributed by atoms with Crippen LogP contribution < -0.4 is 10.1 Å². The molecule has 3 N–H and O–H groups in total. The zero-order chi connectivity index (χ0) is 23.2. The molecule has 0 atom stereocenters. The van der Waals surface area contributed by atoms with E-state index in [1.807, 2.05) is 20.8 Å². The van der Waals surface area contributed by atoms with Crippen molar-refractivity contribution in [1.29, 1.82) is 0 Å². The first kappa shape index (κ1) is 27.7. The van der Waals surface area contributed by atoms with Crippen molar-refractivity contribution in [2.24, 2.45) is 0 Å². The molecule has 1 amide bonds. The van der Waals surface area contributed by atoms with Crippen LogP contribution in [0.25, 0.3) is 0 Å². The number of halogens is 1. The summed E-state index contributed by atoms with van der Waals surface area (Å²) in [7, 11) is 1.44. The number of carbonyl (C=O) groups is 3. The molecule has 0 aliphatic rings. The summed E-state index contributed by atoms with van der Waals surface area (Å²) >= 11 is 3.13. The monoisotopic (exact) mass is 489 g/mol. The van der Waals surface area contributed by atoms with Gasteiger partial charge in [0.15, 0.2) is 0 Å². The fraction of sp³-hybridized carbons (Fsp3) is 0.571. The molecule has 0 bridgehead atoms. The summed E-state index contributed by atoms with van der Waals surface area (Å²) in [5, 5.41) is 19.9. The zero-order valence-electron chi connectivity index (χ0n) is 18.0. The number of ether oxygens (including phenoxy) is 2. The van der Waals surface area contributed by atoms with Gasteiger partial charge in [0.2, 0.25) is 0 Å². The van der Waals surface area contributed by atoms with Gasteiger partial charge in [0.1, 0.15) is 16.9 Å². The summed E-state index contributed by atoms with van der Waals surface area (Å²) in [4.78, 5) is 32.2. The lowest BCUT2D eigenvalue weighted by Crippen LogP contribution is -2.32. The third-order valence-corrected chi connectivity index (χ3v) is 4.31. The van der Waals surface area contributed by atoms with Crippen LogP contribution in [0.15, 0.2) is 22.7 Å². The van der Waals surface area contributed by atoms with Crippen LogP contribution in [-0.2, 0) is 9.53 Å². The topological polar surface area (TPSA) is 122 Å². The van der Waals surface area contributed by atoms with E-state index in [9.17, 15) is 14.4 Å². The number of amides is 1. The second-order valence-corrected chi connectivity index (χ2v) is 8.32. The zero-order valence-corrected chi connectivity index (χ0v) is 19.6. The fourth-order valence-corrected chi connectivity index (χ4v) is 2.84. The van der Waals surface area contributed by atoms with Crippen LogP contribution in [-0.4, -0.2) is 47.5 Å². The van der Waals surface area contributed by atoms with Crippen molar-refractivity contribution in [3.63, 3.8) is 0 Å². The minimum absolute atomic E-state index is 0.153. The van der Waals surface area contributed by atoms with Crippen LogP contribution in [0, 0.1) is 0 Å². The number of hydrogen-bond acceptors (Lipinski definition) is 5. The Bertz CT molecular complexity index is 686. The van der Waals surface area contributed by atoms with Crippen molar-refractivity contribution in [2.75, 3.05) is 13.7 Å². The van der Waals surface area contributed by atoms with Crippen molar-refractivity contribution < 1.29 is 34.1 Å². The number of nitrogens with one attached hydrogen (secondary N) is 1. The number of hydrogen-bond donors (Lipinski definition) is 3. The molecule has 0 heterocycles. The number of benzene rings is 1. The molecule has 30 heavy (non-hydrogen) atoms. The summed E-state index contributed by atoms with van der Waals surface area (Å²) < 4.78 is 10.5. The molecule has 0 fully saturated rings. The largest absolute Gasteiger partial charge is 0.496 e. The third-order valence-electron chi connectivity index (χ3n) is 3.64. The van der Waals surface area contributed by atoms with Crippen molar-refractivity contribution in [2.45, 2.75) is 64.9 Å². The molecule has 170 valence electrons. The Kier molecular flexibility index (Phi) is 13.5. The highest BCUT2D eigenvalue weighted by molar-refractivity contribution is 9.10. The smallest absolute Gasteiger partial charge is 0.407 e. The quantitative estimate of drug-likeness (QED) is 0.391. The molecular weight excluding hydrogens is 458 g/mol. The molecular formula is C21H32BrNO7. The lowest BCUT2D eigenvalue weighted by Gasteiger charge is -2.19. The SMILES string of the molecule is CC(C)(C)OC(=O)NCCCCCCCC(=O)O.COc1cccc(Br)c1C(=O)O. The number of alkyl carbamates (subject to hydrolysis) is 1. The minimum Gasteiger partial charge on any atom is -0.496 e. The number of rotatable bonds is 10.